The number of halogens is 1. The monoisotopic (exact) mass is 670 g/mol. The van der Waals surface area contributed by atoms with Gasteiger partial charge in [0.1, 0.15) is 23.1 Å². The van der Waals surface area contributed by atoms with E-state index in [1.54, 1.807) is 18.0 Å². The van der Waals surface area contributed by atoms with E-state index in [0.29, 0.717) is 42.4 Å². The summed E-state index contributed by atoms with van der Waals surface area (Å²) in [5, 5.41) is 8.87. The number of aryl methyl sites for hydroxylation is 1. The molecule has 3 amide bonds. The highest BCUT2D eigenvalue weighted by atomic mass is 19.1. The Bertz CT molecular complexity index is 1930. The zero-order chi connectivity index (χ0) is 34.6. The van der Waals surface area contributed by atoms with Gasteiger partial charge in [-0.1, -0.05) is 18.2 Å². The number of pyridine rings is 1. The zero-order valence-corrected chi connectivity index (χ0v) is 29.2. The lowest BCUT2D eigenvalue weighted by atomic mass is 9.88. The largest absolute Gasteiger partial charge is 0.444 e. The molecule has 49 heavy (non-hydrogen) atoms. The summed E-state index contributed by atoms with van der Waals surface area (Å²) in [7, 11) is 0. The van der Waals surface area contributed by atoms with Crippen molar-refractivity contribution in [3.05, 3.63) is 59.0 Å². The first-order chi connectivity index (χ1) is 23.4. The highest BCUT2D eigenvalue weighted by Crippen LogP contribution is 2.41. The van der Waals surface area contributed by atoms with Crippen molar-refractivity contribution in [3.63, 3.8) is 0 Å². The summed E-state index contributed by atoms with van der Waals surface area (Å²) in [5.41, 5.74) is 5.01. The number of hydrogen-bond donors (Lipinski definition) is 1. The van der Waals surface area contributed by atoms with Crippen LogP contribution in [0.2, 0.25) is 0 Å². The molecule has 1 atom stereocenters. The summed E-state index contributed by atoms with van der Waals surface area (Å²) in [4.78, 5) is 41.6. The molecule has 1 aromatic carbocycles. The number of para-hydroxylation sites is 1. The number of piperidine rings is 2. The van der Waals surface area contributed by atoms with Crippen molar-refractivity contribution in [2.24, 2.45) is 5.92 Å². The van der Waals surface area contributed by atoms with E-state index in [2.05, 4.69) is 34.1 Å². The summed E-state index contributed by atoms with van der Waals surface area (Å²) >= 11 is 0. The third-order valence-corrected chi connectivity index (χ3v) is 10.3. The van der Waals surface area contributed by atoms with E-state index in [1.165, 1.54) is 34.5 Å². The van der Waals surface area contributed by atoms with Crippen LogP contribution in [0.25, 0.3) is 27.8 Å². The number of carbonyl (C=O) groups excluding carboxylic acids is 3. The van der Waals surface area contributed by atoms with E-state index in [-0.39, 0.29) is 23.9 Å². The lowest BCUT2D eigenvalue weighted by Crippen LogP contribution is -2.47. The molecule has 3 aliphatic rings. The van der Waals surface area contributed by atoms with Crippen molar-refractivity contribution in [2.75, 3.05) is 26.2 Å². The lowest BCUT2D eigenvalue weighted by molar-refractivity contribution is -0.129. The minimum Gasteiger partial charge on any atom is -0.444 e. The van der Waals surface area contributed by atoms with Crippen LogP contribution < -0.4 is 5.32 Å². The molecule has 5 heterocycles. The van der Waals surface area contributed by atoms with Crippen molar-refractivity contribution >= 4 is 34.3 Å². The van der Waals surface area contributed by atoms with E-state index in [9.17, 15) is 14.4 Å². The first-order valence-corrected chi connectivity index (χ1v) is 17.7. The molecule has 0 spiro atoms. The standard InChI is InChI=1S/C38H47FN6O4/c1-23-33(32-19-27-8-6-10-30(35(27)44(32)20-25-11-12-25)26-13-16-42(17-14-26)24(2)46)41-45-21-28(18-31(39)34(23)45)36(47)43-15-7-9-29(22-43)49-37(48)40-38(3,4)5/h6,8,10,18-19,21,25-26,29H,7,9,11-17,20,22H2,1-5H3,(H,40,48)/t29-/m1/s1. The van der Waals surface area contributed by atoms with Crippen molar-refractivity contribution in [2.45, 2.75) is 97.2 Å². The lowest BCUT2D eigenvalue weighted by Gasteiger charge is -2.33. The molecule has 10 nitrogen and oxygen atoms in total. The van der Waals surface area contributed by atoms with Gasteiger partial charge in [0.05, 0.1) is 23.3 Å². The van der Waals surface area contributed by atoms with Gasteiger partial charge < -0.3 is 24.4 Å². The number of ether oxygens (including phenoxy) is 1. The van der Waals surface area contributed by atoms with Crippen LogP contribution in [0, 0.1) is 18.7 Å². The molecule has 260 valence electrons. The fourth-order valence-electron chi connectivity index (χ4n) is 7.65. The predicted octanol–water partition coefficient (Wildman–Crippen LogP) is 6.67. The number of nitrogens with one attached hydrogen (secondary N) is 1. The van der Waals surface area contributed by atoms with Gasteiger partial charge in [0.15, 0.2) is 0 Å². The van der Waals surface area contributed by atoms with Crippen LogP contribution in [0.3, 0.4) is 0 Å². The highest BCUT2D eigenvalue weighted by molar-refractivity contribution is 5.95. The van der Waals surface area contributed by atoms with Crippen molar-refractivity contribution in [1.29, 1.82) is 0 Å². The molecule has 0 bridgehead atoms. The van der Waals surface area contributed by atoms with Crippen molar-refractivity contribution in [1.82, 2.24) is 29.3 Å². The molecule has 3 aromatic heterocycles. The van der Waals surface area contributed by atoms with Crippen LogP contribution in [0.5, 0.6) is 0 Å². The van der Waals surface area contributed by atoms with Crippen LogP contribution in [0.1, 0.15) is 93.6 Å². The Labute approximate surface area is 286 Å². The molecule has 2 aliphatic heterocycles. The molecule has 1 aliphatic carbocycles. The number of aromatic nitrogens is 3. The molecule has 0 radical (unpaired) electrons. The van der Waals surface area contributed by atoms with Crippen molar-refractivity contribution in [3.8, 4) is 11.4 Å². The molecule has 1 saturated carbocycles. The van der Waals surface area contributed by atoms with E-state index in [4.69, 9.17) is 9.84 Å². The van der Waals surface area contributed by atoms with Crippen LogP contribution in [-0.2, 0) is 16.1 Å². The SMILES string of the molecule is CC(=O)N1CCC(c2cccc3cc(-c4nn5cc(C(=O)N6CCC[C@@H](OC(=O)NC(C)(C)C)C6)cc(F)c5c4C)n(CC4CC4)c23)CC1. The quantitative estimate of drug-likeness (QED) is 0.247. The molecule has 2 saturated heterocycles. The molecule has 11 heteroatoms. The average Bonchev–Trinajstić information content (AvgIpc) is 3.71. The molecule has 3 fully saturated rings. The number of likely N-dealkylation sites (tertiary alicyclic amines) is 2. The van der Waals surface area contributed by atoms with E-state index >= 15 is 4.39 Å². The predicted molar refractivity (Wildman–Crippen MR) is 186 cm³/mol. The fourth-order valence-corrected chi connectivity index (χ4v) is 7.65. The van der Waals surface area contributed by atoms with Gasteiger partial charge in [-0.3, -0.25) is 9.59 Å². The molecule has 7 rings (SSSR count). The Hall–Kier alpha value is -4.41. The maximum absolute atomic E-state index is 15.9. The Morgan fingerprint density at radius 1 is 1.00 bits per heavy atom. The third-order valence-electron chi connectivity index (χ3n) is 10.3. The summed E-state index contributed by atoms with van der Waals surface area (Å²) in [6, 6.07) is 9.96. The van der Waals surface area contributed by atoms with E-state index in [0.717, 1.165) is 49.1 Å². The van der Waals surface area contributed by atoms with Gasteiger partial charge in [-0.15, -0.1) is 0 Å². The second-order valence-corrected chi connectivity index (χ2v) is 15.3. The van der Waals surface area contributed by atoms with Gasteiger partial charge >= 0.3 is 6.09 Å². The second kappa shape index (κ2) is 12.8. The smallest absolute Gasteiger partial charge is 0.407 e. The van der Waals surface area contributed by atoms with Crippen LogP contribution in [-0.4, -0.2) is 79.7 Å². The Kier molecular flexibility index (Phi) is 8.65. The van der Waals surface area contributed by atoms with Gasteiger partial charge in [0.2, 0.25) is 5.91 Å². The van der Waals surface area contributed by atoms with Gasteiger partial charge in [0, 0.05) is 55.8 Å². The maximum atomic E-state index is 15.9. The fraction of sp³-hybridized carbons (Fsp3) is 0.526. The van der Waals surface area contributed by atoms with Crippen LogP contribution in [0.15, 0.2) is 36.5 Å². The first-order valence-electron chi connectivity index (χ1n) is 17.7. The van der Waals surface area contributed by atoms with Gasteiger partial charge in [-0.05, 0) is 95.8 Å². The average molecular weight is 671 g/mol. The first kappa shape index (κ1) is 33.1. The number of fused-ring (bicyclic) bond motifs is 2. The summed E-state index contributed by atoms with van der Waals surface area (Å²) in [5.74, 6) is 0.255. The van der Waals surface area contributed by atoms with Gasteiger partial charge in [0.25, 0.3) is 5.91 Å². The molecule has 0 unspecified atom stereocenters. The third kappa shape index (κ3) is 6.76. The Morgan fingerprint density at radius 3 is 2.45 bits per heavy atom. The number of benzene rings is 1. The number of carbonyl (C=O) groups is 3. The minimum absolute atomic E-state index is 0.130. The number of hydrogen-bond acceptors (Lipinski definition) is 5. The Balaban J connectivity index is 1.20. The molecular weight excluding hydrogens is 623 g/mol. The summed E-state index contributed by atoms with van der Waals surface area (Å²) < 4.78 is 25.5. The number of alkyl carbamates (subject to hydrolysis) is 1. The zero-order valence-electron chi connectivity index (χ0n) is 29.2. The van der Waals surface area contributed by atoms with E-state index < -0.39 is 23.6 Å². The second-order valence-electron chi connectivity index (χ2n) is 15.3. The maximum Gasteiger partial charge on any atom is 0.407 e. The minimum atomic E-state index is -0.511. The highest BCUT2D eigenvalue weighted by Gasteiger charge is 2.31. The van der Waals surface area contributed by atoms with Crippen molar-refractivity contribution < 1.29 is 23.5 Å². The topological polar surface area (TPSA) is 101 Å². The van der Waals surface area contributed by atoms with Gasteiger partial charge in [-0.25, -0.2) is 13.7 Å². The van der Waals surface area contributed by atoms with Crippen LogP contribution in [0.4, 0.5) is 9.18 Å². The van der Waals surface area contributed by atoms with Crippen LogP contribution >= 0.6 is 0 Å². The molecule has 4 aromatic rings. The van der Waals surface area contributed by atoms with E-state index in [1.807, 2.05) is 32.6 Å². The Morgan fingerprint density at radius 2 is 1.76 bits per heavy atom. The number of nitrogens with zero attached hydrogens (tertiary/aromatic N) is 5. The summed E-state index contributed by atoms with van der Waals surface area (Å²) in [6.45, 7) is 12.3. The molecule has 1 N–H and O–H groups in total. The number of rotatable bonds is 6. The molecular formula is C38H47FN6O4. The number of amides is 3. The van der Waals surface area contributed by atoms with Gasteiger partial charge in [-0.2, -0.15) is 5.10 Å². The normalized spacial score (nSPS) is 19.1. The summed E-state index contributed by atoms with van der Waals surface area (Å²) in [6.07, 6.45) is 6.23.